The van der Waals surface area contributed by atoms with Gasteiger partial charge in [0.1, 0.15) is 0 Å². The Morgan fingerprint density at radius 1 is 1.21 bits per heavy atom. The van der Waals surface area contributed by atoms with E-state index in [0.29, 0.717) is 12.1 Å². The van der Waals surface area contributed by atoms with Crippen LogP contribution >= 0.6 is 0 Å². The minimum atomic E-state index is -0.0195. The average molecular weight is 262 g/mol. The van der Waals surface area contributed by atoms with E-state index in [1.54, 1.807) is 0 Å². The molecule has 1 fully saturated rings. The fraction of sp³-hybridized carbons (Fsp3) is 0.625. The molecule has 0 saturated heterocycles. The first-order valence-electron chi connectivity index (χ1n) is 7.15. The lowest BCUT2D eigenvalue weighted by Crippen LogP contribution is -2.47. The SMILES string of the molecule is CNc1ccccc1CNC1CC(OC(C)(C)C)C1. The number of nitrogens with one attached hydrogen (secondary N) is 2. The highest BCUT2D eigenvalue weighted by molar-refractivity contribution is 5.50. The highest BCUT2D eigenvalue weighted by Gasteiger charge is 2.32. The van der Waals surface area contributed by atoms with Crippen molar-refractivity contribution in [1.82, 2.24) is 5.32 Å². The van der Waals surface area contributed by atoms with Gasteiger partial charge < -0.3 is 15.4 Å². The third-order valence-corrected chi connectivity index (χ3v) is 3.48. The van der Waals surface area contributed by atoms with E-state index in [9.17, 15) is 0 Å². The highest BCUT2D eigenvalue weighted by atomic mass is 16.5. The third kappa shape index (κ3) is 4.22. The number of hydrogen-bond acceptors (Lipinski definition) is 3. The van der Waals surface area contributed by atoms with Crippen LogP contribution in [-0.2, 0) is 11.3 Å². The van der Waals surface area contributed by atoms with Crippen molar-refractivity contribution < 1.29 is 4.74 Å². The minimum Gasteiger partial charge on any atom is -0.388 e. The Balaban J connectivity index is 1.74. The second kappa shape index (κ2) is 5.93. The predicted octanol–water partition coefficient (Wildman–Crippen LogP) is 3.16. The molecule has 0 amide bonds. The van der Waals surface area contributed by atoms with Crippen LogP contribution in [-0.4, -0.2) is 24.8 Å². The molecule has 0 aromatic heterocycles. The summed E-state index contributed by atoms with van der Waals surface area (Å²) in [4.78, 5) is 0. The molecule has 2 rings (SSSR count). The fourth-order valence-electron chi connectivity index (χ4n) is 2.50. The molecule has 3 nitrogen and oxygen atoms in total. The standard InChI is InChI=1S/C16H26N2O/c1-16(2,3)19-14-9-13(10-14)18-11-12-7-5-6-8-15(12)17-4/h5-8,13-14,17-18H,9-11H2,1-4H3. The molecule has 1 aromatic rings. The first-order chi connectivity index (χ1) is 8.98. The summed E-state index contributed by atoms with van der Waals surface area (Å²) in [5.41, 5.74) is 2.51. The lowest BCUT2D eigenvalue weighted by Gasteiger charge is -2.39. The molecule has 0 aliphatic heterocycles. The molecular weight excluding hydrogens is 236 g/mol. The van der Waals surface area contributed by atoms with Gasteiger partial charge in [0, 0.05) is 25.3 Å². The van der Waals surface area contributed by atoms with Crippen LogP contribution in [0.3, 0.4) is 0 Å². The number of hydrogen-bond donors (Lipinski definition) is 2. The molecule has 106 valence electrons. The van der Waals surface area contributed by atoms with E-state index in [1.165, 1.54) is 11.3 Å². The van der Waals surface area contributed by atoms with E-state index in [0.717, 1.165) is 19.4 Å². The highest BCUT2D eigenvalue weighted by Crippen LogP contribution is 2.28. The van der Waals surface area contributed by atoms with Gasteiger partial charge in [-0.2, -0.15) is 0 Å². The summed E-state index contributed by atoms with van der Waals surface area (Å²) < 4.78 is 5.95. The summed E-state index contributed by atoms with van der Waals surface area (Å²) in [6.45, 7) is 7.29. The maximum absolute atomic E-state index is 5.95. The first kappa shape index (κ1) is 14.4. The Morgan fingerprint density at radius 2 is 1.89 bits per heavy atom. The zero-order valence-corrected chi connectivity index (χ0v) is 12.5. The van der Waals surface area contributed by atoms with Crippen molar-refractivity contribution >= 4 is 5.69 Å². The largest absolute Gasteiger partial charge is 0.388 e. The Bertz CT molecular complexity index is 405. The van der Waals surface area contributed by atoms with Crippen LogP contribution in [0.5, 0.6) is 0 Å². The molecule has 0 unspecified atom stereocenters. The van der Waals surface area contributed by atoms with Crippen LogP contribution in [0, 0.1) is 0 Å². The third-order valence-electron chi connectivity index (χ3n) is 3.48. The zero-order valence-electron chi connectivity index (χ0n) is 12.5. The molecule has 0 bridgehead atoms. The predicted molar refractivity (Wildman–Crippen MR) is 80.5 cm³/mol. The van der Waals surface area contributed by atoms with Crippen molar-refractivity contribution in [2.45, 2.75) is 57.9 Å². The number of rotatable bonds is 5. The maximum Gasteiger partial charge on any atom is 0.0612 e. The van der Waals surface area contributed by atoms with Crippen LogP contribution in [0.4, 0.5) is 5.69 Å². The van der Waals surface area contributed by atoms with Gasteiger partial charge in [0.25, 0.3) is 0 Å². The van der Waals surface area contributed by atoms with Crippen LogP contribution in [0.25, 0.3) is 0 Å². The second-order valence-corrected chi connectivity index (χ2v) is 6.31. The van der Waals surface area contributed by atoms with E-state index in [4.69, 9.17) is 4.74 Å². The summed E-state index contributed by atoms with van der Waals surface area (Å²) in [5, 5.41) is 6.84. The normalized spacial score (nSPS) is 22.9. The van der Waals surface area contributed by atoms with Crippen LogP contribution in [0.15, 0.2) is 24.3 Å². The van der Waals surface area contributed by atoms with E-state index >= 15 is 0 Å². The maximum atomic E-state index is 5.95. The monoisotopic (exact) mass is 262 g/mol. The van der Waals surface area contributed by atoms with Gasteiger partial charge in [-0.3, -0.25) is 0 Å². The van der Waals surface area contributed by atoms with Crippen molar-refractivity contribution in [3.63, 3.8) is 0 Å². The molecule has 0 heterocycles. The molecule has 1 aliphatic carbocycles. The van der Waals surface area contributed by atoms with Gasteiger partial charge in [0.15, 0.2) is 0 Å². The van der Waals surface area contributed by atoms with Gasteiger partial charge in [0.2, 0.25) is 0 Å². The minimum absolute atomic E-state index is 0.0195. The summed E-state index contributed by atoms with van der Waals surface area (Å²) in [6.07, 6.45) is 2.68. The van der Waals surface area contributed by atoms with Crippen LogP contribution in [0.1, 0.15) is 39.2 Å². The molecule has 1 aliphatic rings. The van der Waals surface area contributed by atoms with Gasteiger partial charge in [-0.1, -0.05) is 18.2 Å². The van der Waals surface area contributed by atoms with Gasteiger partial charge in [-0.25, -0.2) is 0 Å². The van der Waals surface area contributed by atoms with Crippen LogP contribution in [0.2, 0.25) is 0 Å². The van der Waals surface area contributed by atoms with Gasteiger partial charge >= 0.3 is 0 Å². The van der Waals surface area contributed by atoms with Crippen molar-refractivity contribution in [2.75, 3.05) is 12.4 Å². The van der Waals surface area contributed by atoms with E-state index < -0.39 is 0 Å². The van der Waals surface area contributed by atoms with Crippen molar-refractivity contribution in [3.8, 4) is 0 Å². The van der Waals surface area contributed by atoms with Crippen molar-refractivity contribution in [2.24, 2.45) is 0 Å². The summed E-state index contributed by atoms with van der Waals surface area (Å²) in [7, 11) is 1.97. The molecule has 0 spiro atoms. The zero-order chi connectivity index (χ0) is 13.9. The average Bonchev–Trinajstić information content (AvgIpc) is 2.31. The Labute approximate surface area is 116 Å². The second-order valence-electron chi connectivity index (χ2n) is 6.31. The molecule has 0 radical (unpaired) electrons. The van der Waals surface area contributed by atoms with Crippen molar-refractivity contribution in [1.29, 1.82) is 0 Å². The van der Waals surface area contributed by atoms with Gasteiger partial charge in [-0.15, -0.1) is 0 Å². The van der Waals surface area contributed by atoms with Crippen molar-refractivity contribution in [3.05, 3.63) is 29.8 Å². The quantitative estimate of drug-likeness (QED) is 0.855. The van der Waals surface area contributed by atoms with Crippen LogP contribution < -0.4 is 10.6 Å². The summed E-state index contributed by atoms with van der Waals surface area (Å²) >= 11 is 0. The number of para-hydroxylation sites is 1. The summed E-state index contributed by atoms with van der Waals surface area (Å²) in [6, 6.07) is 9.03. The fourth-order valence-corrected chi connectivity index (χ4v) is 2.50. The topological polar surface area (TPSA) is 33.3 Å². The molecule has 3 heteroatoms. The van der Waals surface area contributed by atoms with E-state index in [1.807, 2.05) is 7.05 Å². The van der Waals surface area contributed by atoms with Gasteiger partial charge in [0.05, 0.1) is 11.7 Å². The Morgan fingerprint density at radius 3 is 2.53 bits per heavy atom. The Hall–Kier alpha value is -1.06. The molecule has 2 N–H and O–H groups in total. The number of benzene rings is 1. The number of ether oxygens (including phenoxy) is 1. The summed E-state index contributed by atoms with van der Waals surface area (Å²) in [5.74, 6) is 0. The molecule has 0 atom stereocenters. The lowest BCUT2D eigenvalue weighted by molar-refractivity contribution is -0.102. The molecule has 19 heavy (non-hydrogen) atoms. The Kier molecular flexibility index (Phi) is 4.48. The number of anilines is 1. The van der Waals surface area contributed by atoms with Gasteiger partial charge in [-0.05, 0) is 45.2 Å². The molecular formula is C16H26N2O. The lowest BCUT2D eigenvalue weighted by atomic mass is 9.88. The van der Waals surface area contributed by atoms with E-state index in [-0.39, 0.29) is 5.60 Å². The smallest absolute Gasteiger partial charge is 0.0612 e. The van der Waals surface area contributed by atoms with E-state index in [2.05, 4.69) is 55.7 Å². The molecule has 1 aromatic carbocycles. The molecule has 1 saturated carbocycles. The first-order valence-corrected chi connectivity index (χ1v) is 7.15.